The molecule has 0 aliphatic rings. The first kappa shape index (κ1) is 9.80. The second kappa shape index (κ2) is 4.19. The maximum absolute atomic E-state index is 5.82. The van der Waals surface area contributed by atoms with Gasteiger partial charge in [0.25, 0.3) is 0 Å². The van der Waals surface area contributed by atoms with Crippen molar-refractivity contribution in [1.29, 1.82) is 0 Å². The van der Waals surface area contributed by atoms with E-state index in [1.54, 1.807) is 18.6 Å². The molecule has 2 N–H and O–H groups in total. The molecule has 0 aliphatic carbocycles. The number of nitrogens with two attached hydrogens (primary N) is 1. The first-order valence-corrected chi connectivity index (χ1v) is 4.89. The van der Waals surface area contributed by atoms with Gasteiger partial charge in [0, 0.05) is 24.0 Å². The summed E-state index contributed by atoms with van der Waals surface area (Å²) in [4.78, 5) is 8.29. The van der Waals surface area contributed by atoms with Gasteiger partial charge >= 0.3 is 0 Å². The molecule has 0 amide bonds. The number of rotatable bonds is 2. The van der Waals surface area contributed by atoms with Crippen LogP contribution in [0.1, 0.15) is 18.5 Å². The van der Waals surface area contributed by atoms with E-state index in [2.05, 4.69) is 16.0 Å². The second-order valence-electron chi connectivity index (χ2n) is 3.50. The van der Waals surface area contributed by atoms with Crippen LogP contribution in [-0.4, -0.2) is 9.97 Å². The van der Waals surface area contributed by atoms with Gasteiger partial charge in [0.05, 0.1) is 11.9 Å². The summed E-state index contributed by atoms with van der Waals surface area (Å²) in [5.74, 6) is 0. The molecule has 0 spiro atoms. The molecule has 0 fully saturated rings. The summed E-state index contributed by atoms with van der Waals surface area (Å²) in [6, 6.07) is 8.11. The van der Waals surface area contributed by atoms with Crippen LogP contribution in [-0.2, 0) is 0 Å². The predicted molar refractivity (Wildman–Crippen MR) is 60.1 cm³/mol. The molecule has 1 unspecified atom stereocenters. The lowest BCUT2D eigenvalue weighted by Crippen LogP contribution is -2.04. The Morgan fingerprint density at radius 3 is 2.80 bits per heavy atom. The Kier molecular flexibility index (Phi) is 2.74. The molecule has 1 aromatic carbocycles. The molecule has 0 radical (unpaired) electrons. The van der Waals surface area contributed by atoms with E-state index in [1.165, 1.54) is 0 Å². The molecule has 1 atom stereocenters. The summed E-state index contributed by atoms with van der Waals surface area (Å²) in [6.45, 7) is 1.97. The van der Waals surface area contributed by atoms with E-state index in [0.29, 0.717) is 0 Å². The maximum Gasteiger partial charge on any atom is 0.0885 e. The Bertz CT molecular complexity index is 438. The molecular weight excluding hydrogens is 186 g/mol. The highest BCUT2D eigenvalue weighted by Gasteiger charge is 2.02. The van der Waals surface area contributed by atoms with Gasteiger partial charge in [-0.25, -0.2) is 0 Å². The van der Waals surface area contributed by atoms with Gasteiger partial charge in [-0.2, -0.15) is 0 Å². The van der Waals surface area contributed by atoms with Crippen LogP contribution in [0.2, 0.25) is 0 Å². The van der Waals surface area contributed by atoms with Crippen molar-refractivity contribution in [3.63, 3.8) is 0 Å². The van der Waals surface area contributed by atoms with Crippen molar-refractivity contribution in [2.24, 2.45) is 5.73 Å². The number of nitrogens with zero attached hydrogens (tertiary/aromatic N) is 2. The molecule has 2 aromatic rings. The zero-order chi connectivity index (χ0) is 10.7. The Morgan fingerprint density at radius 2 is 2.13 bits per heavy atom. The van der Waals surface area contributed by atoms with Crippen molar-refractivity contribution in [2.45, 2.75) is 13.0 Å². The lowest BCUT2D eigenvalue weighted by Gasteiger charge is -2.07. The zero-order valence-electron chi connectivity index (χ0n) is 8.59. The van der Waals surface area contributed by atoms with E-state index in [9.17, 15) is 0 Å². The van der Waals surface area contributed by atoms with Crippen molar-refractivity contribution in [2.75, 3.05) is 0 Å². The fraction of sp³-hybridized carbons (Fsp3) is 0.167. The summed E-state index contributed by atoms with van der Waals surface area (Å²) >= 11 is 0. The average Bonchev–Trinajstić information content (AvgIpc) is 2.30. The van der Waals surface area contributed by atoms with Crippen LogP contribution in [0.3, 0.4) is 0 Å². The monoisotopic (exact) mass is 199 g/mol. The topological polar surface area (TPSA) is 51.8 Å². The van der Waals surface area contributed by atoms with Gasteiger partial charge in [0.1, 0.15) is 0 Å². The summed E-state index contributed by atoms with van der Waals surface area (Å²) in [5.41, 5.74) is 8.86. The van der Waals surface area contributed by atoms with Crippen molar-refractivity contribution < 1.29 is 0 Å². The van der Waals surface area contributed by atoms with Crippen LogP contribution >= 0.6 is 0 Å². The Morgan fingerprint density at radius 1 is 1.27 bits per heavy atom. The van der Waals surface area contributed by atoms with Gasteiger partial charge in [-0.15, -0.1) is 0 Å². The van der Waals surface area contributed by atoms with Crippen LogP contribution < -0.4 is 5.73 Å². The lowest BCUT2D eigenvalue weighted by atomic mass is 10.0. The quantitative estimate of drug-likeness (QED) is 0.806. The highest BCUT2D eigenvalue weighted by atomic mass is 14.8. The van der Waals surface area contributed by atoms with Gasteiger partial charge in [-0.3, -0.25) is 9.97 Å². The Hall–Kier alpha value is -1.74. The minimum absolute atomic E-state index is 0.0432. The van der Waals surface area contributed by atoms with Crippen molar-refractivity contribution in [3.05, 3.63) is 48.4 Å². The number of aromatic nitrogens is 2. The lowest BCUT2D eigenvalue weighted by molar-refractivity contribution is 0.818. The molecule has 0 saturated carbocycles. The summed E-state index contributed by atoms with van der Waals surface area (Å²) < 4.78 is 0. The van der Waals surface area contributed by atoms with Crippen LogP contribution in [0.4, 0.5) is 0 Å². The molecule has 0 saturated heterocycles. The van der Waals surface area contributed by atoms with Gasteiger partial charge in [0.15, 0.2) is 0 Å². The van der Waals surface area contributed by atoms with Gasteiger partial charge in [0.2, 0.25) is 0 Å². The first-order chi connectivity index (χ1) is 7.27. The third kappa shape index (κ3) is 2.19. The van der Waals surface area contributed by atoms with Crippen molar-refractivity contribution in [1.82, 2.24) is 9.97 Å². The van der Waals surface area contributed by atoms with Crippen LogP contribution in [0.25, 0.3) is 11.3 Å². The normalized spacial score (nSPS) is 12.4. The zero-order valence-corrected chi connectivity index (χ0v) is 8.59. The highest BCUT2D eigenvalue weighted by molar-refractivity contribution is 5.58. The number of hydrogen-bond donors (Lipinski definition) is 1. The van der Waals surface area contributed by atoms with Crippen LogP contribution in [0, 0.1) is 0 Å². The second-order valence-corrected chi connectivity index (χ2v) is 3.50. The molecule has 1 aromatic heterocycles. The van der Waals surface area contributed by atoms with Gasteiger partial charge in [-0.1, -0.05) is 18.2 Å². The summed E-state index contributed by atoms with van der Waals surface area (Å²) in [5, 5.41) is 0. The predicted octanol–water partition coefficient (Wildman–Crippen LogP) is 2.16. The minimum Gasteiger partial charge on any atom is -0.324 e. The smallest absolute Gasteiger partial charge is 0.0885 e. The SMILES string of the molecule is CC(N)c1cccc(-c2cnccn2)c1. The molecular formula is C12H13N3. The summed E-state index contributed by atoms with van der Waals surface area (Å²) in [6.07, 6.45) is 5.10. The number of benzene rings is 1. The minimum atomic E-state index is 0.0432. The van der Waals surface area contributed by atoms with E-state index in [0.717, 1.165) is 16.8 Å². The first-order valence-electron chi connectivity index (χ1n) is 4.89. The van der Waals surface area contributed by atoms with E-state index in [4.69, 9.17) is 5.73 Å². The molecule has 0 bridgehead atoms. The average molecular weight is 199 g/mol. The molecule has 1 heterocycles. The number of hydrogen-bond acceptors (Lipinski definition) is 3. The molecule has 15 heavy (non-hydrogen) atoms. The maximum atomic E-state index is 5.82. The molecule has 2 rings (SSSR count). The van der Waals surface area contributed by atoms with E-state index >= 15 is 0 Å². The Balaban J connectivity index is 2.42. The van der Waals surface area contributed by atoms with Gasteiger partial charge in [-0.05, 0) is 18.6 Å². The molecule has 76 valence electrons. The Labute approximate surface area is 89.0 Å². The third-order valence-electron chi connectivity index (χ3n) is 2.27. The standard InChI is InChI=1S/C12H13N3/c1-9(13)10-3-2-4-11(7-10)12-8-14-5-6-15-12/h2-9H,13H2,1H3. The fourth-order valence-electron chi connectivity index (χ4n) is 1.43. The fourth-order valence-corrected chi connectivity index (χ4v) is 1.43. The van der Waals surface area contributed by atoms with Crippen molar-refractivity contribution >= 4 is 0 Å². The van der Waals surface area contributed by atoms with Crippen LogP contribution in [0.5, 0.6) is 0 Å². The molecule has 3 heteroatoms. The third-order valence-corrected chi connectivity index (χ3v) is 2.27. The van der Waals surface area contributed by atoms with E-state index in [1.807, 2.05) is 25.1 Å². The summed E-state index contributed by atoms with van der Waals surface area (Å²) in [7, 11) is 0. The highest BCUT2D eigenvalue weighted by Crippen LogP contribution is 2.19. The van der Waals surface area contributed by atoms with E-state index in [-0.39, 0.29) is 6.04 Å². The molecule has 3 nitrogen and oxygen atoms in total. The van der Waals surface area contributed by atoms with Gasteiger partial charge < -0.3 is 5.73 Å². The van der Waals surface area contributed by atoms with E-state index < -0.39 is 0 Å². The molecule has 0 aliphatic heterocycles. The van der Waals surface area contributed by atoms with Crippen molar-refractivity contribution in [3.8, 4) is 11.3 Å². The largest absolute Gasteiger partial charge is 0.324 e. The van der Waals surface area contributed by atoms with Crippen LogP contribution in [0.15, 0.2) is 42.9 Å².